The zero-order chi connectivity index (χ0) is 9.38. The minimum atomic E-state index is 1.22. The summed E-state index contributed by atoms with van der Waals surface area (Å²) >= 11 is 0. The summed E-state index contributed by atoms with van der Waals surface area (Å²) in [4.78, 5) is 0. The van der Waals surface area contributed by atoms with Gasteiger partial charge in [-0.3, -0.25) is 0 Å². The van der Waals surface area contributed by atoms with E-state index in [2.05, 4.69) is 12.2 Å². The molecule has 0 aromatic carbocycles. The van der Waals surface area contributed by atoms with Gasteiger partial charge in [-0.1, -0.05) is 11.6 Å². The van der Waals surface area contributed by atoms with Crippen LogP contribution in [0.4, 0.5) is 0 Å². The van der Waals surface area contributed by atoms with Crippen molar-refractivity contribution in [1.29, 1.82) is 0 Å². The molecule has 1 radical (unpaired) electrons. The van der Waals surface area contributed by atoms with Crippen molar-refractivity contribution < 1.29 is 0 Å². The first-order valence-electron chi connectivity index (χ1n) is 5.96. The molecule has 14 heavy (non-hydrogen) atoms. The van der Waals surface area contributed by atoms with Gasteiger partial charge in [0.2, 0.25) is 0 Å². The van der Waals surface area contributed by atoms with Crippen LogP contribution in [0, 0.1) is 6.08 Å². The molecule has 0 unspecified atom stereocenters. The second kappa shape index (κ2) is 3.42. The minimum Gasteiger partial charge on any atom is -0.0760 e. The molecule has 3 rings (SSSR count). The highest BCUT2D eigenvalue weighted by Gasteiger charge is 2.23. The first-order valence-corrected chi connectivity index (χ1v) is 5.96. The first-order chi connectivity index (χ1) is 6.95. The van der Waals surface area contributed by atoms with Gasteiger partial charge in [-0.15, -0.1) is 0 Å². The average molecular weight is 185 g/mol. The molecular formula is C14H17. The third kappa shape index (κ3) is 1.28. The third-order valence-electron chi connectivity index (χ3n) is 3.80. The average Bonchev–Trinajstić information content (AvgIpc) is 2.29. The lowest BCUT2D eigenvalue weighted by molar-refractivity contribution is 0.627. The van der Waals surface area contributed by atoms with E-state index in [0.29, 0.717) is 0 Å². The van der Waals surface area contributed by atoms with E-state index in [1.165, 1.54) is 56.9 Å². The Bertz CT molecular complexity index is 339. The Morgan fingerprint density at radius 3 is 2.79 bits per heavy atom. The van der Waals surface area contributed by atoms with Crippen LogP contribution in [0.25, 0.3) is 0 Å². The summed E-state index contributed by atoms with van der Waals surface area (Å²) in [7, 11) is 0. The van der Waals surface area contributed by atoms with Crippen LogP contribution in [0.15, 0.2) is 28.4 Å². The van der Waals surface area contributed by atoms with Gasteiger partial charge in [-0.05, 0) is 74.2 Å². The van der Waals surface area contributed by atoms with Crippen molar-refractivity contribution in [2.45, 2.75) is 51.4 Å². The fraction of sp³-hybridized carbons (Fsp3) is 0.571. The van der Waals surface area contributed by atoms with Crippen molar-refractivity contribution in [2.75, 3.05) is 0 Å². The molecule has 0 aromatic rings. The van der Waals surface area contributed by atoms with Gasteiger partial charge in [0.25, 0.3) is 0 Å². The molecule has 0 saturated carbocycles. The molecule has 0 N–H and O–H groups in total. The summed E-state index contributed by atoms with van der Waals surface area (Å²) in [5, 5.41) is 0. The maximum atomic E-state index is 3.47. The smallest absolute Gasteiger partial charge is 0.0189 e. The second-order valence-electron chi connectivity index (χ2n) is 4.63. The van der Waals surface area contributed by atoms with Gasteiger partial charge in [-0.2, -0.15) is 0 Å². The number of hydrogen-bond donors (Lipinski definition) is 0. The fourth-order valence-corrected chi connectivity index (χ4v) is 3.09. The third-order valence-corrected chi connectivity index (χ3v) is 3.80. The molecule has 3 aliphatic carbocycles. The first kappa shape index (κ1) is 8.52. The Morgan fingerprint density at radius 2 is 1.79 bits per heavy atom. The van der Waals surface area contributed by atoms with Gasteiger partial charge in [0.15, 0.2) is 0 Å². The number of rotatable bonds is 0. The topological polar surface area (TPSA) is 0 Å². The van der Waals surface area contributed by atoms with Crippen LogP contribution in [0.2, 0.25) is 0 Å². The van der Waals surface area contributed by atoms with E-state index in [1.54, 1.807) is 16.7 Å². The molecular weight excluding hydrogens is 168 g/mol. The van der Waals surface area contributed by atoms with Crippen LogP contribution in [0.3, 0.4) is 0 Å². The SMILES string of the molecule is [C]1=CCCC2=C1CCC1=C2CCCC1. The van der Waals surface area contributed by atoms with E-state index >= 15 is 0 Å². The monoisotopic (exact) mass is 185 g/mol. The molecule has 0 aliphatic heterocycles. The van der Waals surface area contributed by atoms with Gasteiger partial charge >= 0.3 is 0 Å². The van der Waals surface area contributed by atoms with Crippen molar-refractivity contribution >= 4 is 0 Å². The number of hydrogen-bond acceptors (Lipinski definition) is 0. The van der Waals surface area contributed by atoms with Crippen molar-refractivity contribution in [3.8, 4) is 0 Å². The van der Waals surface area contributed by atoms with Crippen molar-refractivity contribution in [3.63, 3.8) is 0 Å². The summed E-state index contributed by atoms with van der Waals surface area (Å²) < 4.78 is 0. The largest absolute Gasteiger partial charge is 0.0760 e. The van der Waals surface area contributed by atoms with E-state index in [9.17, 15) is 0 Å². The molecule has 3 aliphatic rings. The van der Waals surface area contributed by atoms with Crippen molar-refractivity contribution in [3.05, 3.63) is 34.4 Å². The second-order valence-corrected chi connectivity index (χ2v) is 4.63. The van der Waals surface area contributed by atoms with Crippen LogP contribution < -0.4 is 0 Å². The molecule has 0 atom stereocenters. The Balaban J connectivity index is 2.03. The summed E-state index contributed by atoms with van der Waals surface area (Å²) in [5.41, 5.74) is 6.77. The summed E-state index contributed by atoms with van der Waals surface area (Å²) in [6.45, 7) is 0. The molecule has 0 heteroatoms. The summed E-state index contributed by atoms with van der Waals surface area (Å²) in [5.74, 6) is 0. The minimum absolute atomic E-state index is 1.22. The van der Waals surface area contributed by atoms with Crippen LogP contribution in [0.1, 0.15) is 51.4 Å². The molecule has 0 bridgehead atoms. The highest BCUT2D eigenvalue weighted by atomic mass is 14.3. The maximum absolute atomic E-state index is 3.47. The zero-order valence-electron chi connectivity index (χ0n) is 8.73. The van der Waals surface area contributed by atoms with Gasteiger partial charge in [0, 0.05) is 0 Å². The Labute approximate surface area is 86.4 Å². The van der Waals surface area contributed by atoms with E-state index in [-0.39, 0.29) is 0 Å². The molecule has 0 aromatic heterocycles. The lowest BCUT2D eigenvalue weighted by Gasteiger charge is -2.30. The van der Waals surface area contributed by atoms with Gasteiger partial charge in [0.1, 0.15) is 0 Å². The lowest BCUT2D eigenvalue weighted by atomic mass is 9.75. The van der Waals surface area contributed by atoms with Crippen molar-refractivity contribution in [1.82, 2.24) is 0 Å². The maximum Gasteiger partial charge on any atom is -0.0189 e. The fourth-order valence-electron chi connectivity index (χ4n) is 3.09. The van der Waals surface area contributed by atoms with Crippen LogP contribution >= 0.6 is 0 Å². The quantitative estimate of drug-likeness (QED) is 0.533. The van der Waals surface area contributed by atoms with Crippen LogP contribution in [-0.2, 0) is 0 Å². The zero-order valence-corrected chi connectivity index (χ0v) is 8.73. The Hall–Kier alpha value is -0.780. The van der Waals surface area contributed by atoms with Gasteiger partial charge in [-0.25, -0.2) is 0 Å². The predicted molar refractivity (Wildman–Crippen MR) is 58.8 cm³/mol. The Morgan fingerprint density at radius 1 is 0.857 bits per heavy atom. The van der Waals surface area contributed by atoms with E-state index in [1.807, 2.05) is 0 Å². The Kier molecular flexibility index (Phi) is 2.08. The normalized spacial score (nSPS) is 26.3. The number of allylic oxidation sites excluding steroid dienone is 6. The standard InChI is InChI=1S/C14H17/c1-3-7-13-11(5-1)9-10-12-6-2-4-8-14(12)13/h1H,2-4,6-10H2. The molecule has 0 heterocycles. The number of fused-ring (bicyclic) bond motifs is 1. The lowest BCUT2D eigenvalue weighted by Crippen LogP contribution is -2.11. The molecule has 73 valence electrons. The van der Waals surface area contributed by atoms with Gasteiger partial charge in [0.05, 0.1) is 0 Å². The highest BCUT2D eigenvalue weighted by Crippen LogP contribution is 2.42. The molecule has 0 spiro atoms. The van der Waals surface area contributed by atoms with E-state index < -0.39 is 0 Å². The molecule has 0 nitrogen and oxygen atoms in total. The van der Waals surface area contributed by atoms with Crippen molar-refractivity contribution in [2.24, 2.45) is 0 Å². The molecule has 0 fully saturated rings. The van der Waals surface area contributed by atoms with Gasteiger partial charge < -0.3 is 0 Å². The van der Waals surface area contributed by atoms with Crippen LogP contribution in [0.5, 0.6) is 0 Å². The predicted octanol–water partition coefficient (Wildman–Crippen LogP) is 4.10. The van der Waals surface area contributed by atoms with E-state index in [0.717, 1.165) is 0 Å². The summed E-state index contributed by atoms with van der Waals surface area (Å²) in [6.07, 6.45) is 16.4. The van der Waals surface area contributed by atoms with Crippen LogP contribution in [-0.4, -0.2) is 0 Å². The highest BCUT2D eigenvalue weighted by molar-refractivity contribution is 5.47. The molecule has 0 saturated heterocycles. The van der Waals surface area contributed by atoms with E-state index in [4.69, 9.17) is 0 Å². The molecule has 0 amide bonds. The summed E-state index contributed by atoms with van der Waals surface area (Å²) in [6, 6.07) is 0.